The Morgan fingerprint density at radius 2 is 2.19 bits per heavy atom. The van der Waals surface area contributed by atoms with Gasteiger partial charge in [0.05, 0.1) is 18.2 Å². The van der Waals surface area contributed by atoms with E-state index in [2.05, 4.69) is 5.32 Å². The van der Waals surface area contributed by atoms with E-state index in [1.54, 1.807) is 25.1 Å². The van der Waals surface area contributed by atoms with Crippen LogP contribution in [0.15, 0.2) is 18.2 Å². The number of nitriles is 1. The number of benzene rings is 1. The van der Waals surface area contributed by atoms with Gasteiger partial charge < -0.3 is 10.4 Å². The number of aliphatic hydroxyl groups excluding tert-OH is 1. The summed E-state index contributed by atoms with van der Waals surface area (Å²) in [6.45, 7) is -0.0853. The number of nitrogens with zero attached hydrogens (tertiary/aromatic N) is 1. The van der Waals surface area contributed by atoms with Gasteiger partial charge in [0.25, 0.3) is 5.92 Å². The van der Waals surface area contributed by atoms with E-state index in [0.29, 0.717) is 11.3 Å². The second kappa shape index (κ2) is 4.90. The van der Waals surface area contributed by atoms with Crippen molar-refractivity contribution in [2.45, 2.75) is 12.8 Å². The minimum Gasteiger partial charge on any atom is -0.390 e. The molecule has 0 spiro atoms. The van der Waals surface area contributed by atoms with Gasteiger partial charge in [-0.25, -0.2) is 8.78 Å². The molecular formula is C11H12F2N2O. The zero-order valence-electron chi connectivity index (χ0n) is 8.80. The molecule has 0 aliphatic rings. The monoisotopic (exact) mass is 226 g/mol. The third kappa shape index (κ3) is 3.17. The van der Waals surface area contributed by atoms with Crippen LogP contribution in [0.4, 0.5) is 14.5 Å². The van der Waals surface area contributed by atoms with E-state index in [1.165, 1.54) is 0 Å². The zero-order valence-corrected chi connectivity index (χ0v) is 8.80. The van der Waals surface area contributed by atoms with Gasteiger partial charge in [-0.3, -0.25) is 0 Å². The van der Waals surface area contributed by atoms with E-state index in [4.69, 9.17) is 10.4 Å². The minimum absolute atomic E-state index is 0.504. The highest BCUT2D eigenvalue weighted by molar-refractivity contribution is 5.51. The van der Waals surface area contributed by atoms with Gasteiger partial charge in [-0.1, -0.05) is 0 Å². The number of aliphatic hydroxyl groups is 1. The topological polar surface area (TPSA) is 56.0 Å². The maximum absolute atomic E-state index is 12.7. The molecule has 0 atom stereocenters. The maximum atomic E-state index is 12.7. The van der Waals surface area contributed by atoms with Crippen molar-refractivity contribution in [1.82, 2.24) is 0 Å². The number of alkyl halides is 2. The Kier molecular flexibility index (Phi) is 3.80. The van der Waals surface area contributed by atoms with E-state index >= 15 is 0 Å². The van der Waals surface area contributed by atoms with Gasteiger partial charge in [-0.2, -0.15) is 5.26 Å². The van der Waals surface area contributed by atoms with Crippen molar-refractivity contribution in [3.8, 4) is 6.07 Å². The number of anilines is 1. The third-order valence-electron chi connectivity index (χ3n) is 2.13. The molecule has 0 radical (unpaired) electrons. The van der Waals surface area contributed by atoms with E-state index in [-0.39, 0.29) is 0 Å². The SMILES string of the molecule is Cc1cc(NCC(F)(F)CO)ccc1C#N. The largest absolute Gasteiger partial charge is 0.390 e. The smallest absolute Gasteiger partial charge is 0.287 e. The first kappa shape index (κ1) is 12.4. The average Bonchev–Trinajstić information content (AvgIpc) is 2.27. The van der Waals surface area contributed by atoms with Crippen LogP contribution < -0.4 is 5.32 Å². The second-order valence-corrected chi connectivity index (χ2v) is 3.51. The Balaban J connectivity index is 2.70. The summed E-state index contributed by atoms with van der Waals surface area (Å²) in [7, 11) is 0. The highest BCUT2D eigenvalue weighted by atomic mass is 19.3. The number of halogens is 2. The molecule has 0 aliphatic heterocycles. The molecule has 2 N–H and O–H groups in total. The summed E-state index contributed by atoms with van der Waals surface area (Å²) in [6.07, 6.45) is 0. The lowest BCUT2D eigenvalue weighted by Gasteiger charge is -2.15. The fourth-order valence-electron chi connectivity index (χ4n) is 1.19. The van der Waals surface area contributed by atoms with Crippen molar-refractivity contribution in [3.63, 3.8) is 0 Å². The Labute approximate surface area is 92.3 Å². The molecule has 0 heterocycles. The van der Waals surface area contributed by atoms with Crippen LogP contribution in [0, 0.1) is 18.3 Å². The van der Waals surface area contributed by atoms with Crippen LogP contribution in [0.25, 0.3) is 0 Å². The first-order valence-corrected chi connectivity index (χ1v) is 4.72. The van der Waals surface area contributed by atoms with Gasteiger partial charge in [0.15, 0.2) is 0 Å². The lowest BCUT2D eigenvalue weighted by atomic mass is 10.1. The Morgan fingerprint density at radius 3 is 2.69 bits per heavy atom. The molecule has 0 fully saturated rings. The van der Waals surface area contributed by atoms with Crippen LogP contribution >= 0.6 is 0 Å². The second-order valence-electron chi connectivity index (χ2n) is 3.51. The Hall–Kier alpha value is -1.67. The lowest BCUT2D eigenvalue weighted by Crippen LogP contribution is -2.31. The van der Waals surface area contributed by atoms with Crippen LogP contribution in [-0.4, -0.2) is 24.2 Å². The van der Waals surface area contributed by atoms with Crippen LogP contribution in [0.1, 0.15) is 11.1 Å². The molecule has 0 amide bonds. The maximum Gasteiger partial charge on any atom is 0.287 e. The van der Waals surface area contributed by atoms with Crippen molar-refractivity contribution >= 4 is 5.69 Å². The first-order chi connectivity index (χ1) is 7.48. The summed E-state index contributed by atoms with van der Waals surface area (Å²) in [5.41, 5.74) is 1.74. The van der Waals surface area contributed by atoms with Crippen LogP contribution in [0.3, 0.4) is 0 Å². The molecule has 86 valence electrons. The molecule has 0 unspecified atom stereocenters. The molecule has 3 nitrogen and oxygen atoms in total. The molecule has 1 aromatic carbocycles. The lowest BCUT2D eigenvalue weighted by molar-refractivity contribution is -0.0372. The van der Waals surface area contributed by atoms with Crippen LogP contribution in [0.2, 0.25) is 0 Å². The summed E-state index contributed by atoms with van der Waals surface area (Å²) in [6, 6.07) is 6.73. The van der Waals surface area contributed by atoms with Crippen LogP contribution in [-0.2, 0) is 0 Å². The van der Waals surface area contributed by atoms with Gasteiger partial charge in [0.1, 0.15) is 6.61 Å². The molecule has 16 heavy (non-hydrogen) atoms. The van der Waals surface area contributed by atoms with Gasteiger partial charge in [-0.05, 0) is 30.7 Å². The normalized spacial score (nSPS) is 10.9. The van der Waals surface area contributed by atoms with Crippen LogP contribution in [0.5, 0.6) is 0 Å². The Bertz CT molecular complexity index is 413. The fourth-order valence-corrected chi connectivity index (χ4v) is 1.19. The minimum atomic E-state index is -3.14. The zero-order chi connectivity index (χ0) is 12.2. The van der Waals surface area contributed by atoms with E-state index in [1.807, 2.05) is 6.07 Å². The molecule has 0 bridgehead atoms. The predicted molar refractivity (Wildman–Crippen MR) is 56.4 cm³/mol. The number of aryl methyl sites for hydroxylation is 1. The third-order valence-corrected chi connectivity index (χ3v) is 2.13. The first-order valence-electron chi connectivity index (χ1n) is 4.72. The number of rotatable bonds is 4. The van der Waals surface area contributed by atoms with Gasteiger partial charge in [0, 0.05) is 5.69 Å². The molecule has 0 saturated carbocycles. The molecule has 0 aliphatic carbocycles. The molecular weight excluding hydrogens is 214 g/mol. The van der Waals surface area contributed by atoms with Crippen molar-refractivity contribution in [2.24, 2.45) is 0 Å². The number of nitrogens with one attached hydrogen (secondary N) is 1. The summed E-state index contributed by atoms with van der Waals surface area (Å²) < 4.78 is 25.4. The predicted octanol–water partition coefficient (Wildman–Crippen LogP) is 1.91. The van der Waals surface area contributed by atoms with Crippen molar-refractivity contribution in [2.75, 3.05) is 18.5 Å². The van der Waals surface area contributed by atoms with Gasteiger partial charge >= 0.3 is 0 Å². The van der Waals surface area contributed by atoms with E-state index in [9.17, 15) is 8.78 Å². The molecule has 0 saturated heterocycles. The molecule has 1 rings (SSSR count). The van der Waals surface area contributed by atoms with Gasteiger partial charge in [0.2, 0.25) is 0 Å². The fraction of sp³-hybridized carbons (Fsp3) is 0.364. The standard InChI is InChI=1S/C11H12F2N2O/c1-8-4-10(3-2-9(8)5-14)15-6-11(12,13)7-16/h2-4,15-16H,6-7H2,1H3. The van der Waals surface area contributed by atoms with Crippen molar-refractivity contribution < 1.29 is 13.9 Å². The van der Waals surface area contributed by atoms with Gasteiger partial charge in [-0.15, -0.1) is 0 Å². The number of hydrogen-bond acceptors (Lipinski definition) is 3. The average molecular weight is 226 g/mol. The molecule has 5 heteroatoms. The molecule has 1 aromatic rings. The highest BCUT2D eigenvalue weighted by Gasteiger charge is 2.27. The number of hydrogen-bond donors (Lipinski definition) is 2. The van der Waals surface area contributed by atoms with E-state index in [0.717, 1.165) is 5.56 Å². The van der Waals surface area contributed by atoms with E-state index < -0.39 is 19.1 Å². The molecule has 0 aromatic heterocycles. The Morgan fingerprint density at radius 1 is 1.50 bits per heavy atom. The summed E-state index contributed by atoms with van der Waals surface area (Å²) in [5.74, 6) is -3.14. The summed E-state index contributed by atoms with van der Waals surface area (Å²) in [5, 5.41) is 19.6. The van der Waals surface area contributed by atoms with Crippen molar-refractivity contribution in [1.29, 1.82) is 5.26 Å². The summed E-state index contributed by atoms with van der Waals surface area (Å²) in [4.78, 5) is 0. The quantitative estimate of drug-likeness (QED) is 0.824. The summed E-state index contributed by atoms with van der Waals surface area (Å²) >= 11 is 0. The highest BCUT2D eigenvalue weighted by Crippen LogP contribution is 2.17. The van der Waals surface area contributed by atoms with Crippen molar-refractivity contribution in [3.05, 3.63) is 29.3 Å².